The van der Waals surface area contributed by atoms with E-state index in [-0.39, 0.29) is 12.1 Å². The Kier molecular flexibility index (Phi) is 4.83. The lowest BCUT2D eigenvalue weighted by Gasteiger charge is -2.36. The molecule has 0 aromatic carbocycles. The van der Waals surface area contributed by atoms with E-state index in [1.807, 2.05) is 0 Å². The third-order valence-electron chi connectivity index (χ3n) is 4.39. The van der Waals surface area contributed by atoms with Gasteiger partial charge in [-0.15, -0.1) is 0 Å². The maximum atomic E-state index is 9.78. The molecule has 3 heteroatoms. The molecule has 0 radical (unpaired) electrons. The molecule has 0 aromatic rings. The van der Waals surface area contributed by atoms with E-state index in [4.69, 9.17) is 4.74 Å². The van der Waals surface area contributed by atoms with Gasteiger partial charge in [0.25, 0.3) is 0 Å². The zero-order chi connectivity index (χ0) is 12.1. The molecule has 0 saturated heterocycles. The summed E-state index contributed by atoms with van der Waals surface area (Å²) >= 11 is 0. The van der Waals surface area contributed by atoms with E-state index < -0.39 is 0 Å². The van der Waals surface area contributed by atoms with E-state index in [0.29, 0.717) is 18.6 Å². The minimum atomic E-state index is -0.163. The van der Waals surface area contributed by atoms with Gasteiger partial charge in [0.15, 0.2) is 0 Å². The monoisotopic (exact) mass is 241 g/mol. The molecule has 2 fully saturated rings. The van der Waals surface area contributed by atoms with Crippen molar-refractivity contribution in [2.45, 2.75) is 62.9 Å². The first-order valence-corrected chi connectivity index (χ1v) is 7.18. The zero-order valence-corrected chi connectivity index (χ0v) is 11.1. The van der Waals surface area contributed by atoms with Crippen LogP contribution in [0, 0.1) is 5.92 Å². The summed E-state index contributed by atoms with van der Waals surface area (Å²) in [7, 11) is 1.74. The van der Waals surface area contributed by atoms with Crippen LogP contribution in [0.2, 0.25) is 0 Å². The Morgan fingerprint density at radius 2 is 1.76 bits per heavy atom. The van der Waals surface area contributed by atoms with Gasteiger partial charge < -0.3 is 15.2 Å². The van der Waals surface area contributed by atoms with E-state index in [1.54, 1.807) is 7.11 Å². The molecule has 2 saturated carbocycles. The Labute approximate surface area is 105 Å². The third-order valence-corrected chi connectivity index (χ3v) is 4.39. The summed E-state index contributed by atoms with van der Waals surface area (Å²) in [6, 6.07) is 0.584. The van der Waals surface area contributed by atoms with Crippen LogP contribution in [-0.2, 0) is 4.74 Å². The average molecular weight is 241 g/mol. The minimum absolute atomic E-state index is 0.163. The molecule has 0 bridgehead atoms. The Morgan fingerprint density at radius 3 is 2.24 bits per heavy atom. The average Bonchev–Trinajstić information content (AvgIpc) is 3.16. The van der Waals surface area contributed by atoms with Crippen molar-refractivity contribution in [3.63, 3.8) is 0 Å². The first-order chi connectivity index (χ1) is 8.30. The number of hydrogen-bond acceptors (Lipinski definition) is 3. The molecule has 0 aliphatic heterocycles. The van der Waals surface area contributed by atoms with Crippen molar-refractivity contribution in [2.75, 3.05) is 20.3 Å². The van der Waals surface area contributed by atoms with E-state index >= 15 is 0 Å². The molecular formula is C14H27NO2. The number of hydrogen-bond donors (Lipinski definition) is 2. The molecule has 2 rings (SSSR count). The lowest BCUT2D eigenvalue weighted by Crippen LogP contribution is -2.57. The third kappa shape index (κ3) is 3.43. The summed E-state index contributed by atoms with van der Waals surface area (Å²) in [4.78, 5) is 0. The highest BCUT2D eigenvalue weighted by Gasteiger charge is 2.45. The molecule has 17 heavy (non-hydrogen) atoms. The maximum Gasteiger partial charge on any atom is 0.0681 e. The van der Waals surface area contributed by atoms with Crippen LogP contribution in [0.1, 0.15) is 51.4 Å². The lowest BCUT2D eigenvalue weighted by atomic mass is 9.92. The fraction of sp³-hybridized carbons (Fsp3) is 1.00. The summed E-state index contributed by atoms with van der Waals surface area (Å²) in [5.74, 6) is 0.621. The molecule has 100 valence electrons. The molecule has 2 aliphatic carbocycles. The topological polar surface area (TPSA) is 41.5 Å². The molecule has 0 heterocycles. The Bertz CT molecular complexity index is 222. The summed E-state index contributed by atoms with van der Waals surface area (Å²) in [6.45, 7) is 0.854. The second kappa shape index (κ2) is 6.17. The number of nitrogens with one attached hydrogen (secondary N) is 1. The smallest absolute Gasteiger partial charge is 0.0681 e. The number of rotatable bonds is 6. The van der Waals surface area contributed by atoms with Crippen molar-refractivity contribution in [1.82, 2.24) is 5.32 Å². The van der Waals surface area contributed by atoms with E-state index in [0.717, 1.165) is 0 Å². The van der Waals surface area contributed by atoms with E-state index in [2.05, 4.69) is 5.32 Å². The van der Waals surface area contributed by atoms with Crippen molar-refractivity contribution in [2.24, 2.45) is 5.92 Å². The number of methoxy groups -OCH3 is 1. The van der Waals surface area contributed by atoms with Crippen molar-refractivity contribution < 1.29 is 9.84 Å². The van der Waals surface area contributed by atoms with Crippen molar-refractivity contribution in [1.29, 1.82) is 0 Å². The van der Waals surface area contributed by atoms with Gasteiger partial charge in [0.2, 0.25) is 0 Å². The van der Waals surface area contributed by atoms with Gasteiger partial charge in [-0.1, -0.05) is 25.7 Å². The predicted molar refractivity (Wildman–Crippen MR) is 69.0 cm³/mol. The second-order valence-electron chi connectivity index (χ2n) is 5.85. The van der Waals surface area contributed by atoms with Gasteiger partial charge in [-0.2, -0.15) is 0 Å². The Hall–Kier alpha value is -0.120. The highest BCUT2D eigenvalue weighted by molar-refractivity contribution is 5.02. The maximum absolute atomic E-state index is 9.78. The van der Waals surface area contributed by atoms with Crippen LogP contribution in [0.4, 0.5) is 0 Å². The number of aliphatic hydroxyl groups is 1. The Morgan fingerprint density at radius 1 is 1.12 bits per heavy atom. The zero-order valence-electron chi connectivity index (χ0n) is 11.1. The normalized spacial score (nSPS) is 26.5. The fourth-order valence-electron chi connectivity index (χ4n) is 3.22. The van der Waals surface area contributed by atoms with Gasteiger partial charge in [-0.25, -0.2) is 0 Å². The van der Waals surface area contributed by atoms with Gasteiger partial charge >= 0.3 is 0 Å². The number of aliphatic hydroxyl groups excluding tert-OH is 1. The summed E-state index contributed by atoms with van der Waals surface area (Å²) in [5, 5.41) is 13.5. The fourth-order valence-corrected chi connectivity index (χ4v) is 3.22. The van der Waals surface area contributed by atoms with Crippen molar-refractivity contribution in [3.05, 3.63) is 0 Å². The largest absolute Gasteiger partial charge is 0.394 e. The van der Waals surface area contributed by atoms with Gasteiger partial charge in [-0.3, -0.25) is 0 Å². The highest BCUT2D eigenvalue weighted by Crippen LogP contribution is 2.40. The van der Waals surface area contributed by atoms with Crippen molar-refractivity contribution in [3.8, 4) is 0 Å². The molecule has 0 aromatic heterocycles. The van der Waals surface area contributed by atoms with Gasteiger partial charge in [0.1, 0.15) is 0 Å². The summed E-state index contributed by atoms with van der Waals surface area (Å²) in [6.07, 6.45) is 10.4. The van der Waals surface area contributed by atoms with Gasteiger partial charge in [0, 0.05) is 13.2 Å². The van der Waals surface area contributed by atoms with E-state index in [9.17, 15) is 5.11 Å². The van der Waals surface area contributed by atoms with E-state index in [1.165, 1.54) is 51.4 Å². The molecule has 2 N–H and O–H groups in total. The van der Waals surface area contributed by atoms with Crippen LogP contribution in [0.15, 0.2) is 0 Å². The van der Waals surface area contributed by atoms with Crippen LogP contribution in [0.3, 0.4) is 0 Å². The first kappa shape index (κ1) is 13.3. The molecular weight excluding hydrogens is 214 g/mol. The Balaban J connectivity index is 1.94. The van der Waals surface area contributed by atoms with Crippen LogP contribution < -0.4 is 5.32 Å². The molecule has 0 amide bonds. The van der Waals surface area contributed by atoms with Crippen LogP contribution in [0.5, 0.6) is 0 Å². The SMILES string of the molecule is COCC(CO)(NC1CCCCCC1)C1CC1. The van der Waals surface area contributed by atoms with Gasteiger partial charge in [0.05, 0.1) is 18.8 Å². The molecule has 1 unspecified atom stereocenters. The lowest BCUT2D eigenvalue weighted by molar-refractivity contribution is 0.0384. The van der Waals surface area contributed by atoms with Crippen LogP contribution >= 0.6 is 0 Å². The molecule has 1 atom stereocenters. The second-order valence-corrected chi connectivity index (χ2v) is 5.85. The van der Waals surface area contributed by atoms with Gasteiger partial charge in [-0.05, 0) is 31.6 Å². The summed E-state index contributed by atoms with van der Waals surface area (Å²) in [5.41, 5.74) is -0.163. The standard InChI is InChI=1S/C14H27NO2/c1-17-11-14(10-16,12-8-9-12)15-13-6-4-2-3-5-7-13/h12-13,15-16H,2-11H2,1H3. The highest BCUT2D eigenvalue weighted by atomic mass is 16.5. The molecule has 2 aliphatic rings. The van der Waals surface area contributed by atoms with Crippen molar-refractivity contribution >= 4 is 0 Å². The number of ether oxygens (including phenoxy) is 1. The molecule has 0 spiro atoms. The van der Waals surface area contributed by atoms with Crippen LogP contribution in [-0.4, -0.2) is 37.0 Å². The molecule has 3 nitrogen and oxygen atoms in total. The predicted octanol–water partition coefficient (Wildman–Crippen LogP) is 2.09. The summed E-state index contributed by atoms with van der Waals surface area (Å²) < 4.78 is 5.35. The quantitative estimate of drug-likeness (QED) is 0.700. The first-order valence-electron chi connectivity index (χ1n) is 7.18. The van der Waals surface area contributed by atoms with Crippen LogP contribution in [0.25, 0.3) is 0 Å². The minimum Gasteiger partial charge on any atom is -0.394 e.